The summed E-state index contributed by atoms with van der Waals surface area (Å²) in [6.45, 7) is 2.76. The first-order valence-electron chi connectivity index (χ1n) is 6.16. The molecule has 0 heterocycles. The lowest BCUT2D eigenvalue weighted by Crippen LogP contribution is -2.38. The molecular formula is C13H18N2O3. The molecule has 0 amide bonds. The topological polar surface area (TPSA) is 64.4 Å². The Balaban J connectivity index is 1.92. The van der Waals surface area contributed by atoms with E-state index in [1.807, 2.05) is 7.05 Å². The van der Waals surface area contributed by atoms with Gasteiger partial charge in [-0.3, -0.25) is 10.1 Å². The summed E-state index contributed by atoms with van der Waals surface area (Å²) in [5.74, 6) is 1.42. The zero-order chi connectivity index (χ0) is 13.1. The fourth-order valence-corrected chi connectivity index (χ4v) is 2.32. The standard InChI is InChI=1S/C13H18N2O3/c1-9-5-11(3-4-13(9)15(16)17)18-12-6-10(7-12)8-14-2/h3-5,10,12,14H,6-8H2,1-2H3. The van der Waals surface area contributed by atoms with E-state index in [-0.39, 0.29) is 16.7 Å². The average Bonchev–Trinajstić information content (AvgIpc) is 2.26. The van der Waals surface area contributed by atoms with E-state index in [1.54, 1.807) is 19.1 Å². The molecule has 5 heteroatoms. The number of nitrogens with zero attached hydrogens (tertiary/aromatic N) is 1. The van der Waals surface area contributed by atoms with Crippen LogP contribution in [0, 0.1) is 23.0 Å². The summed E-state index contributed by atoms with van der Waals surface area (Å²) in [6, 6.07) is 4.93. The van der Waals surface area contributed by atoms with E-state index in [0.717, 1.165) is 25.1 Å². The van der Waals surface area contributed by atoms with Crippen molar-refractivity contribution < 1.29 is 9.66 Å². The Morgan fingerprint density at radius 1 is 1.50 bits per heavy atom. The number of nitro benzene ring substituents is 1. The minimum absolute atomic E-state index is 0.143. The van der Waals surface area contributed by atoms with Crippen LogP contribution in [-0.4, -0.2) is 24.6 Å². The largest absolute Gasteiger partial charge is 0.490 e. The number of aryl methyl sites for hydroxylation is 1. The molecule has 1 aliphatic carbocycles. The van der Waals surface area contributed by atoms with Crippen LogP contribution in [0.25, 0.3) is 0 Å². The van der Waals surface area contributed by atoms with E-state index in [0.29, 0.717) is 11.5 Å². The van der Waals surface area contributed by atoms with Gasteiger partial charge in [0.2, 0.25) is 0 Å². The van der Waals surface area contributed by atoms with E-state index in [2.05, 4.69) is 5.32 Å². The number of ether oxygens (including phenoxy) is 1. The summed E-state index contributed by atoms with van der Waals surface area (Å²) in [6.07, 6.45) is 2.36. The Morgan fingerprint density at radius 3 is 2.78 bits per heavy atom. The zero-order valence-electron chi connectivity index (χ0n) is 10.7. The van der Waals surface area contributed by atoms with Crippen LogP contribution >= 0.6 is 0 Å². The molecule has 18 heavy (non-hydrogen) atoms. The molecule has 5 nitrogen and oxygen atoms in total. The van der Waals surface area contributed by atoms with Crippen molar-refractivity contribution in [1.29, 1.82) is 0 Å². The van der Waals surface area contributed by atoms with Crippen molar-refractivity contribution in [1.82, 2.24) is 5.32 Å². The van der Waals surface area contributed by atoms with Crippen LogP contribution in [0.4, 0.5) is 5.69 Å². The lowest BCUT2D eigenvalue weighted by molar-refractivity contribution is -0.385. The minimum Gasteiger partial charge on any atom is -0.490 e. The molecule has 0 saturated heterocycles. The Labute approximate surface area is 106 Å². The maximum absolute atomic E-state index is 10.7. The third-order valence-electron chi connectivity index (χ3n) is 3.35. The van der Waals surface area contributed by atoms with Gasteiger partial charge in [-0.1, -0.05) is 0 Å². The molecule has 0 aliphatic heterocycles. The summed E-state index contributed by atoms with van der Waals surface area (Å²) in [5, 5.41) is 13.8. The highest BCUT2D eigenvalue weighted by molar-refractivity contribution is 5.44. The summed E-state index contributed by atoms with van der Waals surface area (Å²) in [7, 11) is 1.95. The van der Waals surface area contributed by atoms with Gasteiger partial charge in [0.25, 0.3) is 5.69 Å². The van der Waals surface area contributed by atoms with Crippen LogP contribution in [0.15, 0.2) is 18.2 Å². The van der Waals surface area contributed by atoms with E-state index in [4.69, 9.17) is 4.74 Å². The molecule has 0 atom stereocenters. The van der Waals surface area contributed by atoms with Crippen LogP contribution in [0.5, 0.6) is 5.75 Å². The lowest BCUT2D eigenvalue weighted by Gasteiger charge is -2.35. The van der Waals surface area contributed by atoms with Gasteiger partial charge in [0, 0.05) is 11.6 Å². The highest BCUT2D eigenvalue weighted by Crippen LogP contribution is 2.32. The summed E-state index contributed by atoms with van der Waals surface area (Å²) < 4.78 is 5.79. The Kier molecular flexibility index (Phi) is 3.81. The van der Waals surface area contributed by atoms with Crippen molar-refractivity contribution in [3.8, 4) is 5.75 Å². The fourth-order valence-electron chi connectivity index (χ4n) is 2.32. The minimum atomic E-state index is -0.370. The molecule has 0 aromatic heterocycles. The lowest BCUT2D eigenvalue weighted by atomic mass is 9.82. The smallest absolute Gasteiger partial charge is 0.272 e. The molecule has 0 spiro atoms. The van der Waals surface area contributed by atoms with Crippen molar-refractivity contribution in [2.45, 2.75) is 25.9 Å². The van der Waals surface area contributed by atoms with Gasteiger partial charge in [0.1, 0.15) is 5.75 Å². The molecule has 2 rings (SSSR count). The number of rotatable bonds is 5. The van der Waals surface area contributed by atoms with Crippen LogP contribution in [0.2, 0.25) is 0 Å². The van der Waals surface area contributed by atoms with Crippen LogP contribution in [0.3, 0.4) is 0 Å². The SMILES string of the molecule is CNCC1CC(Oc2ccc([N+](=O)[O-])c(C)c2)C1. The van der Waals surface area contributed by atoms with Crippen molar-refractivity contribution in [2.24, 2.45) is 5.92 Å². The third kappa shape index (κ3) is 2.79. The first kappa shape index (κ1) is 12.8. The zero-order valence-corrected chi connectivity index (χ0v) is 10.7. The van der Waals surface area contributed by atoms with Crippen LogP contribution in [-0.2, 0) is 0 Å². The maximum atomic E-state index is 10.7. The molecule has 98 valence electrons. The van der Waals surface area contributed by atoms with Crippen LogP contribution in [0.1, 0.15) is 18.4 Å². The number of hydrogen-bond acceptors (Lipinski definition) is 4. The second-order valence-electron chi connectivity index (χ2n) is 4.84. The number of nitro groups is 1. The Morgan fingerprint density at radius 2 is 2.22 bits per heavy atom. The molecule has 0 unspecified atom stereocenters. The molecule has 1 fully saturated rings. The molecule has 1 N–H and O–H groups in total. The summed E-state index contributed by atoms with van der Waals surface area (Å²) in [4.78, 5) is 10.3. The third-order valence-corrected chi connectivity index (χ3v) is 3.35. The first-order chi connectivity index (χ1) is 8.60. The number of nitrogens with one attached hydrogen (secondary N) is 1. The molecule has 1 aromatic rings. The summed E-state index contributed by atoms with van der Waals surface area (Å²) >= 11 is 0. The van der Waals surface area contributed by atoms with Crippen molar-refractivity contribution in [2.75, 3.05) is 13.6 Å². The van der Waals surface area contributed by atoms with E-state index in [1.165, 1.54) is 6.07 Å². The highest BCUT2D eigenvalue weighted by Gasteiger charge is 2.30. The number of benzene rings is 1. The second-order valence-corrected chi connectivity index (χ2v) is 4.84. The Hall–Kier alpha value is -1.62. The normalized spacial score (nSPS) is 22.3. The van der Waals surface area contributed by atoms with E-state index >= 15 is 0 Å². The van der Waals surface area contributed by atoms with Crippen LogP contribution < -0.4 is 10.1 Å². The fraction of sp³-hybridized carbons (Fsp3) is 0.538. The van der Waals surface area contributed by atoms with Crippen molar-refractivity contribution in [3.63, 3.8) is 0 Å². The monoisotopic (exact) mass is 250 g/mol. The summed E-state index contributed by atoms with van der Waals surface area (Å²) in [5.41, 5.74) is 0.785. The van der Waals surface area contributed by atoms with Gasteiger partial charge >= 0.3 is 0 Å². The average molecular weight is 250 g/mol. The molecule has 1 aliphatic rings. The van der Waals surface area contributed by atoms with Gasteiger partial charge in [-0.05, 0) is 51.4 Å². The molecule has 0 bridgehead atoms. The van der Waals surface area contributed by atoms with Gasteiger partial charge in [-0.15, -0.1) is 0 Å². The van der Waals surface area contributed by atoms with Crippen molar-refractivity contribution in [3.05, 3.63) is 33.9 Å². The highest BCUT2D eigenvalue weighted by atomic mass is 16.6. The molecule has 0 radical (unpaired) electrons. The van der Waals surface area contributed by atoms with Gasteiger partial charge in [-0.25, -0.2) is 0 Å². The predicted octanol–water partition coefficient (Wildman–Crippen LogP) is 2.28. The van der Waals surface area contributed by atoms with E-state index in [9.17, 15) is 10.1 Å². The van der Waals surface area contributed by atoms with Gasteiger partial charge in [0.05, 0.1) is 11.0 Å². The van der Waals surface area contributed by atoms with Gasteiger partial charge < -0.3 is 10.1 Å². The van der Waals surface area contributed by atoms with Gasteiger partial charge in [-0.2, -0.15) is 0 Å². The molecule has 1 saturated carbocycles. The predicted molar refractivity (Wildman–Crippen MR) is 68.9 cm³/mol. The maximum Gasteiger partial charge on any atom is 0.272 e. The molecule has 1 aromatic carbocycles. The van der Waals surface area contributed by atoms with E-state index < -0.39 is 0 Å². The Bertz CT molecular complexity index is 442. The first-order valence-corrected chi connectivity index (χ1v) is 6.16. The van der Waals surface area contributed by atoms with Gasteiger partial charge in [0.15, 0.2) is 0 Å². The van der Waals surface area contributed by atoms with Crippen molar-refractivity contribution >= 4 is 5.69 Å². The molecular weight excluding hydrogens is 232 g/mol. The quantitative estimate of drug-likeness (QED) is 0.643. The number of hydrogen-bond donors (Lipinski definition) is 1. The second kappa shape index (κ2) is 5.35.